The van der Waals surface area contributed by atoms with Crippen LogP contribution in [-0.4, -0.2) is 39.6 Å². The van der Waals surface area contributed by atoms with E-state index in [0.29, 0.717) is 53.6 Å². The number of thiazole rings is 1. The Morgan fingerprint density at radius 3 is 2.93 bits per heavy atom. The lowest BCUT2D eigenvalue weighted by atomic mass is 10.2. The Hall–Kier alpha value is -2.88. The van der Waals surface area contributed by atoms with Crippen LogP contribution in [0.15, 0.2) is 51.5 Å². The predicted molar refractivity (Wildman–Crippen MR) is 107 cm³/mol. The molecule has 1 unspecified atom stereocenters. The van der Waals surface area contributed by atoms with Crippen molar-refractivity contribution >= 4 is 27.2 Å². The van der Waals surface area contributed by atoms with Crippen molar-refractivity contribution in [1.29, 1.82) is 0 Å². The summed E-state index contributed by atoms with van der Waals surface area (Å²) in [5, 5.41) is 2.41. The lowest BCUT2D eigenvalue weighted by Gasteiger charge is -2.18. The van der Waals surface area contributed by atoms with Gasteiger partial charge in [-0.15, -0.1) is 11.3 Å². The molecule has 2 N–H and O–H groups in total. The maximum Gasteiger partial charge on any atom is 0.258 e. The van der Waals surface area contributed by atoms with Crippen LogP contribution in [0.2, 0.25) is 0 Å². The zero-order valence-corrected chi connectivity index (χ0v) is 16.2. The van der Waals surface area contributed by atoms with Crippen LogP contribution in [0, 0.1) is 0 Å². The Labute approximate surface area is 164 Å². The van der Waals surface area contributed by atoms with Gasteiger partial charge in [-0.25, -0.2) is 9.97 Å². The van der Waals surface area contributed by atoms with Gasteiger partial charge in [0.2, 0.25) is 0 Å². The summed E-state index contributed by atoms with van der Waals surface area (Å²) in [5.41, 5.74) is 1.14. The number of rotatable bonds is 7. The molecule has 9 heteroatoms. The zero-order chi connectivity index (χ0) is 19.5. The molecule has 144 valence electrons. The third kappa shape index (κ3) is 3.86. The molecule has 28 heavy (non-hydrogen) atoms. The largest absolute Gasteiger partial charge is 0.379 e. The molecule has 0 aliphatic heterocycles. The average molecular weight is 398 g/mol. The Bertz CT molecular complexity index is 1230. The molecule has 0 saturated carbocycles. The molecule has 0 saturated heterocycles. The summed E-state index contributed by atoms with van der Waals surface area (Å²) in [6.07, 6.45) is 1.72. The zero-order valence-electron chi connectivity index (χ0n) is 15.3. The van der Waals surface area contributed by atoms with Crippen molar-refractivity contribution in [3.8, 4) is 0 Å². The summed E-state index contributed by atoms with van der Waals surface area (Å²) >= 11 is 1.43. The van der Waals surface area contributed by atoms with Crippen LogP contribution in [0.1, 0.15) is 11.5 Å². The van der Waals surface area contributed by atoms with Crippen LogP contribution in [0.3, 0.4) is 0 Å². The first kappa shape index (κ1) is 18.5. The minimum absolute atomic E-state index is 0.0930. The van der Waals surface area contributed by atoms with E-state index in [4.69, 9.17) is 4.74 Å². The summed E-state index contributed by atoms with van der Waals surface area (Å²) < 4.78 is 6.76. The fourth-order valence-corrected chi connectivity index (χ4v) is 3.91. The normalized spacial score (nSPS) is 12.6. The van der Waals surface area contributed by atoms with Crippen LogP contribution >= 0.6 is 11.3 Å². The van der Waals surface area contributed by atoms with Crippen molar-refractivity contribution < 1.29 is 9.64 Å². The first-order valence-electron chi connectivity index (χ1n) is 8.90. The summed E-state index contributed by atoms with van der Waals surface area (Å²) in [6, 6.07) is 8.83. The Morgan fingerprint density at radius 2 is 2.07 bits per heavy atom. The highest BCUT2D eigenvalue weighted by molar-refractivity contribution is 7.15. The van der Waals surface area contributed by atoms with E-state index in [1.807, 2.05) is 23.6 Å². The lowest BCUT2D eigenvalue weighted by Crippen LogP contribution is -3.10. The number of nitrogens with one attached hydrogen (secondary N) is 2. The first-order chi connectivity index (χ1) is 13.6. The highest BCUT2D eigenvalue weighted by atomic mass is 32.1. The summed E-state index contributed by atoms with van der Waals surface area (Å²) in [4.78, 5) is 38.4. The van der Waals surface area contributed by atoms with Gasteiger partial charge < -0.3 is 14.6 Å². The summed E-state index contributed by atoms with van der Waals surface area (Å²) in [7, 11) is 1.65. The van der Waals surface area contributed by atoms with E-state index >= 15 is 0 Å². The van der Waals surface area contributed by atoms with Gasteiger partial charge in [0.25, 0.3) is 11.1 Å². The number of hydrogen-bond donors (Lipinski definition) is 2. The van der Waals surface area contributed by atoms with E-state index < -0.39 is 0 Å². The van der Waals surface area contributed by atoms with Crippen molar-refractivity contribution in [2.45, 2.75) is 13.1 Å². The van der Waals surface area contributed by atoms with Gasteiger partial charge in [0.05, 0.1) is 17.5 Å². The quantitative estimate of drug-likeness (QED) is 0.465. The molecule has 3 heterocycles. The van der Waals surface area contributed by atoms with Crippen molar-refractivity contribution in [1.82, 2.24) is 19.4 Å². The van der Waals surface area contributed by atoms with Gasteiger partial charge in [0.1, 0.15) is 25.3 Å². The minimum atomic E-state index is -0.150. The Balaban J connectivity index is 1.62. The molecule has 0 fully saturated rings. The number of hydrogen-bond acceptors (Lipinski definition) is 6. The smallest absolute Gasteiger partial charge is 0.258 e. The molecule has 0 radical (unpaired) electrons. The minimum Gasteiger partial charge on any atom is -0.379 e. The second kappa shape index (κ2) is 8.01. The average Bonchev–Trinajstić information content (AvgIpc) is 3.15. The number of ether oxygens (including phenoxy) is 1. The van der Waals surface area contributed by atoms with E-state index in [1.54, 1.807) is 25.4 Å². The molecule has 3 aromatic heterocycles. The number of para-hydroxylation sites is 1. The number of nitrogens with zero attached hydrogens (tertiary/aromatic N) is 3. The first-order valence-corrected chi connectivity index (χ1v) is 9.78. The second-order valence-corrected chi connectivity index (χ2v) is 7.39. The number of quaternary nitrogens is 1. The third-order valence-electron chi connectivity index (χ3n) is 4.53. The van der Waals surface area contributed by atoms with Crippen LogP contribution in [0.5, 0.6) is 0 Å². The monoisotopic (exact) mass is 398 g/mol. The molecule has 4 rings (SSSR count). The fraction of sp³-hybridized carbons (Fsp3) is 0.263. The van der Waals surface area contributed by atoms with Gasteiger partial charge in [-0.2, -0.15) is 0 Å². The van der Waals surface area contributed by atoms with E-state index in [0.717, 1.165) is 4.90 Å². The fourth-order valence-electron chi connectivity index (χ4n) is 3.18. The van der Waals surface area contributed by atoms with E-state index in [2.05, 4.69) is 15.0 Å². The van der Waals surface area contributed by atoms with Gasteiger partial charge in [0.15, 0.2) is 10.8 Å². The molecule has 0 bridgehead atoms. The van der Waals surface area contributed by atoms with E-state index in [9.17, 15) is 9.59 Å². The van der Waals surface area contributed by atoms with E-state index in [-0.39, 0.29) is 11.1 Å². The summed E-state index contributed by atoms with van der Waals surface area (Å²) in [6.45, 7) is 2.27. The molecule has 0 aliphatic rings. The third-order valence-corrected chi connectivity index (χ3v) is 5.28. The SMILES string of the molecule is COCC[NH+](Cc1cc(=O)n2ccsc2n1)Cc1nc2ccccc2c(=O)[nH]1. The number of aromatic nitrogens is 4. The van der Waals surface area contributed by atoms with Crippen molar-refractivity contribution in [2.24, 2.45) is 0 Å². The lowest BCUT2D eigenvalue weighted by molar-refractivity contribution is -0.928. The van der Waals surface area contributed by atoms with Crippen molar-refractivity contribution in [2.75, 3.05) is 20.3 Å². The van der Waals surface area contributed by atoms with Crippen LogP contribution in [0.25, 0.3) is 15.9 Å². The molecule has 1 atom stereocenters. The molecule has 0 amide bonds. The molecular weight excluding hydrogens is 378 g/mol. The van der Waals surface area contributed by atoms with Crippen LogP contribution < -0.4 is 16.0 Å². The van der Waals surface area contributed by atoms with Gasteiger partial charge in [0, 0.05) is 24.8 Å². The van der Waals surface area contributed by atoms with Gasteiger partial charge in [-0.3, -0.25) is 14.0 Å². The maximum absolute atomic E-state index is 12.3. The predicted octanol–water partition coefficient (Wildman–Crippen LogP) is 0.224. The maximum atomic E-state index is 12.3. The highest BCUT2D eigenvalue weighted by Gasteiger charge is 2.16. The topological polar surface area (TPSA) is 93.8 Å². The second-order valence-electron chi connectivity index (χ2n) is 6.52. The molecule has 0 aliphatic carbocycles. The van der Waals surface area contributed by atoms with Crippen molar-refractivity contribution in [3.05, 3.63) is 74.1 Å². The number of aromatic amines is 1. The van der Waals surface area contributed by atoms with Crippen LogP contribution in [-0.2, 0) is 17.8 Å². The molecular formula is C19H20N5O3S+. The standard InChI is InChI=1S/C19H19N5O3S/c1-27-8-6-23(11-13-10-17(25)24-7-9-28-19(24)20-13)12-16-21-15-5-3-2-4-14(15)18(26)22-16/h2-5,7,9-10H,6,8,11-12H2,1H3,(H,21,22,26)/p+1. The summed E-state index contributed by atoms with van der Waals surface area (Å²) in [5.74, 6) is 0.601. The van der Waals surface area contributed by atoms with Gasteiger partial charge >= 0.3 is 0 Å². The van der Waals surface area contributed by atoms with Gasteiger partial charge in [-0.1, -0.05) is 12.1 Å². The molecule has 4 aromatic rings. The van der Waals surface area contributed by atoms with E-state index in [1.165, 1.54) is 15.7 Å². The molecule has 0 spiro atoms. The Kier molecular flexibility index (Phi) is 5.29. The van der Waals surface area contributed by atoms with Gasteiger partial charge in [-0.05, 0) is 12.1 Å². The number of H-pyrrole nitrogens is 1. The number of benzene rings is 1. The van der Waals surface area contributed by atoms with Crippen molar-refractivity contribution in [3.63, 3.8) is 0 Å². The molecule has 1 aromatic carbocycles. The van der Waals surface area contributed by atoms with Crippen LogP contribution in [0.4, 0.5) is 0 Å². The Morgan fingerprint density at radius 1 is 1.21 bits per heavy atom. The number of fused-ring (bicyclic) bond motifs is 2. The molecule has 8 nitrogen and oxygen atoms in total. The number of methoxy groups -OCH3 is 1. The highest BCUT2D eigenvalue weighted by Crippen LogP contribution is 2.07.